The lowest BCUT2D eigenvalue weighted by Crippen LogP contribution is -2.11. The van der Waals surface area contributed by atoms with E-state index in [-0.39, 0.29) is 11.3 Å². The van der Waals surface area contributed by atoms with Gasteiger partial charge in [0.2, 0.25) is 5.82 Å². The molecule has 0 spiro atoms. The molecule has 0 aliphatic rings. The first kappa shape index (κ1) is 17.9. The van der Waals surface area contributed by atoms with Crippen LogP contribution in [0.25, 0.3) is 0 Å². The van der Waals surface area contributed by atoms with Gasteiger partial charge in [0.15, 0.2) is 23.3 Å². The number of benzene rings is 2. The van der Waals surface area contributed by atoms with E-state index < -0.39 is 40.2 Å². The second kappa shape index (κ2) is 6.22. The summed E-state index contributed by atoms with van der Waals surface area (Å²) in [5, 5.41) is 10.2. The molecule has 2 aromatic rings. The van der Waals surface area contributed by atoms with E-state index in [2.05, 4.69) is 4.99 Å². The molecule has 0 aliphatic heterocycles. The van der Waals surface area contributed by atoms with E-state index in [9.17, 15) is 27.1 Å². The van der Waals surface area contributed by atoms with E-state index in [1.807, 2.05) is 20.8 Å². The number of aromatic hydroxyl groups is 1. The summed E-state index contributed by atoms with van der Waals surface area (Å²) in [6.45, 7) is 5.52. The lowest BCUT2D eigenvalue weighted by molar-refractivity contribution is 0.381. The van der Waals surface area contributed by atoms with Gasteiger partial charge in [-0.15, -0.1) is 0 Å². The Morgan fingerprint density at radius 1 is 0.875 bits per heavy atom. The minimum atomic E-state index is -2.25. The van der Waals surface area contributed by atoms with Gasteiger partial charge < -0.3 is 5.11 Å². The van der Waals surface area contributed by atoms with Crippen molar-refractivity contribution in [3.8, 4) is 5.75 Å². The van der Waals surface area contributed by atoms with Crippen molar-refractivity contribution in [1.82, 2.24) is 0 Å². The average molecular weight is 343 g/mol. The molecule has 2 nitrogen and oxygen atoms in total. The van der Waals surface area contributed by atoms with E-state index in [0.717, 1.165) is 6.21 Å². The number of phenolic OH excluding ortho intramolecular Hbond substituents is 1. The highest BCUT2D eigenvalue weighted by molar-refractivity contribution is 5.86. The monoisotopic (exact) mass is 343 g/mol. The second-order valence-corrected chi connectivity index (χ2v) is 6.17. The molecule has 0 atom stereocenters. The van der Waals surface area contributed by atoms with Crippen LogP contribution >= 0.6 is 0 Å². The number of para-hydroxylation sites is 1. The van der Waals surface area contributed by atoms with Crippen LogP contribution in [0.1, 0.15) is 31.9 Å². The quantitative estimate of drug-likeness (QED) is 0.348. The maximum Gasteiger partial charge on any atom is 0.200 e. The van der Waals surface area contributed by atoms with Crippen molar-refractivity contribution in [1.29, 1.82) is 0 Å². The molecule has 0 heterocycles. The topological polar surface area (TPSA) is 32.6 Å². The van der Waals surface area contributed by atoms with Crippen molar-refractivity contribution in [2.24, 2.45) is 4.99 Å². The minimum Gasteiger partial charge on any atom is -0.507 e. The van der Waals surface area contributed by atoms with Crippen LogP contribution in [0.3, 0.4) is 0 Å². The summed E-state index contributed by atoms with van der Waals surface area (Å²) in [5.41, 5.74) is -1.10. The first-order valence-corrected chi connectivity index (χ1v) is 6.93. The molecular formula is C17H14F5NO. The van der Waals surface area contributed by atoms with Crippen LogP contribution in [-0.2, 0) is 5.41 Å². The average Bonchev–Trinajstić information content (AvgIpc) is 2.51. The molecule has 0 saturated heterocycles. The fraction of sp³-hybridized carbons (Fsp3) is 0.235. The van der Waals surface area contributed by atoms with Gasteiger partial charge in [-0.25, -0.2) is 26.9 Å². The van der Waals surface area contributed by atoms with Crippen LogP contribution in [0, 0.1) is 29.1 Å². The number of aliphatic imine (C=N–C) groups is 1. The molecule has 0 fully saturated rings. The Balaban J connectivity index is 2.55. The van der Waals surface area contributed by atoms with Gasteiger partial charge in [0, 0.05) is 11.8 Å². The van der Waals surface area contributed by atoms with Crippen LogP contribution < -0.4 is 0 Å². The summed E-state index contributed by atoms with van der Waals surface area (Å²) < 4.78 is 66.4. The molecule has 2 aromatic carbocycles. The molecule has 0 aromatic heterocycles. The molecule has 0 aliphatic carbocycles. The highest BCUT2D eigenvalue weighted by atomic mass is 19.2. The van der Waals surface area contributed by atoms with Gasteiger partial charge in [0.05, 0.1) is 0 Å². The predicted molar refractivity (Wildman–Crippen MR) is 80.3 cm³/mol. The number of nitrogens with zero attached hydrogens (tertiary/aromatic N) is 1. The van der Waals surface area contributed by atoms with Gasteiger partial charge in [0.25, 0.3) is 0 Å². The third-order valence-corrected chi connectivity index (χ3v) is 3.39. The molecule has 1 N–H and O–H groups in total. The smallest absolute Gasteiger partial charge is 0.200 e. The van der Waals surface area contributed by atoms with E-state index >= 15 is 0 Å². The van der Waals surface area contributed by atoms with Crippen molar-refractivity contribution < 1.29 is 27.1 Å². The zero-order valence-corrected chi connectivity index (χ0v) is 13.1. The predicted octanol–water partition coefficient (Wildman–Crippen LogP) is 5.14. The van der Waals surface area contributed by atoms with E-state index in [1.165, 1.54) is 6.07 Å². The minimum absolute atomic E-state index is 0.0892. The summed E-state index contributed by atoms with van der Waals surface area (Å²) in [7, 11) is 0. The normalized spacial score (nSPS) is 12.2. The Morgan fingerprint density at radius 2 is 1.38 bits per heavy atom. The highest BCUT2D eigenvalue weighted by Gasteiger charge is 2.25. The van der Waals surface area contributed by atoms with Gasteiger partial charge in [-0.3, -0.25) is 0 Å². The van der Waals surface area contributed by atoms with Crippen LogP contribution in [0.4, 0.5) is 27.6 Å². The fourth-order valence-corrected chi connectivity index (χ4v) is 2.11. The molecule has 7 heteroatoms. The van der Waals surface area contributed by atoms with E-state index in [1.54, 1.807) is 12.1 Å². The molecule has 0 radical (unpaired) electrons. The van der Waals surface area contributed by atoms with E-state index in [4.69, 9.17) is 0 Å². The van der Waals surface area contributed by atoms with Crippen LogP contribution in [0.5, 0.6) is 5.75 Å². The van der Waals surface area contributed by atoms with Crippen LogP contribution in [-0.4, -0.2) is 11.3 Å². The Bertz CT molecular complexity index is 796. The second-order valence-electron chi connectivity index (χ2n) is 6.17. The Morgan fingerprint density at radius 3 is 1.88 bits per heavy atom. The van der Waals surface area contributed by atoms with Crippen LogP contribution in [0.2, 0.25) is 0 Å². The van der Waals surface area contributed by atoms with Gasteiger partial charge in [0.1, 0.15) is 11.4 Å². The van der Waals surface area contributed by atoms with Gasteiger partial charge >= 0.3 is 0 Å². The van der Waals surface area contributed by atoms with E-state index in [0.29, 0.717) is 5.56 Å². The number of phenols is 1. The van der Waals surface area contributed by atoms with Gasteiger partial charge in [-0.05, 0) is 17.0 Å². The number of rotatable bonds is 2. The van der Waals surface area contributed by atoms with Crippen molar-refractivity contribution >= 4 is 11.9 Å². The van der Waals surface area contributed by atoms with Crippen LogP contribution in [0.15, 0.2) is 23.2 Å². The van der Waals surface area contributed by atoms with Gasteiger partial charge in [-0.1, -0.05) is 32.9 Å². The number of hydrogen-bond donors (Lipinski definition) is 1. The zero-order valence-electron chi connectivity index (χ0n) is 13.1. The summed E-state index contributed by atoms with van der Waals surface area (Å²) in [6.07, 6.45) is 0.850. The number of hydrogen-bond acceptors (Lipinski definition) is 2. The summed E-state index contributed by atoms with van der Waals surface area (Å²) in [4.78, 5) is 3.34. The molecule has 0 bridgehead atoms. The lowest BCUT2D eigenvalue weighted by atomic mass is 9.85. The van der Waals surface area contributed by atoms with Crippen molar-refractivity contribution in [3.63, 3.8) is 0 Å². The summed E-state index contributed by atoms with van der Waals surface area (Å²) in [5.74, 6) is -10.6. The van der Waals surface area contributed by atoms with Gasteiger partial charge in [-0.2, -0.15) is 0 Å². The third kappa shape index (κ3) is 3.11. The molecule has 2 rings (SSSR count). The molecule has 128 valence electrons. The first-order chi connectivity index (χ1) is 11.1. The SMILES string of the molecule is CC(C)(C)c1cccc(/C=N/c2c(F)c(F)c(F)c(F)c2F)c1O. The molecule has 0 unspecified atom stereocenters. The molecule has 0 amide bonds. The fourth-order valence-electron chi connectivity index (χ4n) is 2.11. The summed E-state index contributed by atoms with van der Waals surface area (Å²) in [6, 6.07) is 4.64. The summed E-state index contributed by atoms with van der Waals surface area (Å²) >= 11 is 0. The number of halogens is 5. The Hall–Kier alpha value is -2.44. The Labute approximate surface area is 135 Å². The lowest BCUT2D eigenvalue weighted by Gasteiger charge is -2.21. The molecule has 0 saturated carbocycles. The first-order valence-electron chi connectivity index (χ1n) is 6.93. The van der Waals surface area contributed by atoms with Crippen molar-refractivity contribution in [3.05, 3.63) is 58.4 Å². The largest absolute Gasteiger partial charge is 0.507 e. The third-order valence-electron chi connectivity index (χ3n) is 3.39. The van der Waals surface area contributed by atoms with Crippen molar-refractivity contribution in [2.45, 2.75) is 26.2 Å². The maximum atomic E-state index is 13.6. The standard InChI is InChI=1S/C17H14F5NO/c1-17(2,3)9-6-4-5-8(16(9)24)7-23-15-13(21)11(19)10(18)12(20)14(15)22/h4-7,24H,1-3H3/b23-7+. The Kier molecular flexibility index (Phi) is 4.64. The maximum absolute atomic E-state index is 13.6. The highest BCUT2D eigenvalue weighted by Crippen LogP contribution is 2.33. The zero-order chi connectivity index (χ0) is 18.2. The van der Waals surface area contributed by atoms with Crippen molar-refractivity contribution in [2.75, 3.05) is 0 Å². The molecule has 24 heavy (non-hydrogen) atoms. The molecular weight excluding hydrogens is 329 g/mol.